The van der Waals surface area contributed by atoms with Crippen molar-refractivity contribution in [3.63, 3.8) is 0 Å². The molecule has 0 spiro atoms. The molecule has 1 heterocycles. The van der Waals surface area contributed by atoms with Crippen molar-refractivity contribution in [2.75, 3.05) is 20.6 Å². The summed E-state index contributed by atoms with van der Waals surface area (Å²) in [5.74, 6) is -2.10. The van der Waals surface area contributed by atoms with E-state index in [4.69, 9.17) is 0 Å². The fourth-order valence-corrected chi connectivity index (χ4v) is 5.69. The fraction of sp³-hybridized carbons (Fsp3) is 0.441. The molecule has 1 aromatic heterocycles. The molecule has 1 aliphatic rings. The van der Waals surface area contributed by atoms with E-state index in [0.29, 0.717) is 0 Å². The summed E-state index contributed by atoms with van der Waals surface area (Å²) in [6.07, 6.45) is 6.98. The van der Waals surface area contributed by atoms with Gasteiger partial charge in [0.05, 0.1) is 6.54 Å². The molecule has 1 saturated carbocycles. The van der Waals surface area contributed by atoms with Gasteiger partial charge in [-0.15, -0.1) is 0 Å². The number of nitrogens with zero attached hydrogens (tertiary/aromatic N) is 1. The molecular weight excluding hydrogens is 572 g/mol. The van der Waals surface area contributed by atoms with Crippen LogP contribution in [0.3, 0.4) is 0 Å². The van der Waals surface area contributed by atoms with Crippen LogP contribution in [0.1, 0.15) is 50.2 Å². The lowest BCUT2D eigenvalue weighted by atomic mass is 9.89. The van der Waals surface area contributed by atoms with Crippen LogP contribution in [0.5, 0.6) is 0 Å². The molecule has 1 aliphatic carbocycles. The van der Waals surface area contributed by atoms with Crippen LogP contribution in [0, 0.1) is 5.92 Å². The number of H-pyrrole nitrogens is 1. The molecule has 3 aromatic rings. The predicted octanol–water partition coefficient (Wildman–Crippen LogP) is 2.21. The number of para-hydroxylation sites is 1. The number of amides is 5. The maximum absolute atomic E-state index is 13.8. The van der Waals surface area contributed by atoms with Gasteiger partial charge < -0.3 is 31.2 Å². The summed E-state index contributed by atoms with van der Waals surface area (Å²) in [6, 6.07) is 14.1. The Bertz CT molecular complexity index is 1480. The van der Waals surface area contributed by atoms with Crippen molar-refractivity contribution < 1.29 is 24.0 Å². The highest BCUT2D eigenvalue weighted by molar-refractivity contribution is 5.95. The standard InChI is InChI=1S/C34H44N6O5/c1-22(37-30(41)21-36-32(43)24-14-8-5-9-15-24)31(42)38-28(19-25-20-35-27-17-11-10-16-26(25)27)33(44)39-29(34(45)40(2)3)18-23-12-6-4-7-13-23/h4,6-7,10-13,16-17,20,22,24,28-29,35H,5,8-9,14-15,18-19,21H2,1-3H3,(H,36,43)(H,37,41)(H,38,42)(H,39,44)/t22?,28-,29?/m1/s1. The molecule has 0 saturated heterocycles. The quantitative estimate of drug-likeness (QED) is 0.199. The molecule has 1 fully saturated rings. The minimum absolute atomic E-state index is 0.0823. The Morgan fingerprint density at radius 1 is 0.822 bits per heavy atom. The Labute approximate surface area is 263 Å². The number of rotatable bonds is 13. The first-order chi connectivity index (χ1) is 21.6. The Morgan fingerprint density at radius 2 is 1.49 bits per heavy atom. The predicted molar refractivity (Wildman–Crippen MR) is 172 cm³/mol. The Balaban J connectivity index is 1.45. The zero-order valence-corrected chi connectivity index (χ0v) is 26.2. The van der Waals surface area contributed by atoms with Crippen LogP contribution in [0.4, 0.5) is 0 Å². The van der Waals surface area contributed by atoms with Crippen LogP contribution in [0.25, 0.3) is 10.9 Å². The Kier molecular flexibility index (Phi) is 11.7. The highest BCUT2D eigenvalue weighted by Crippen LogP contribution is 2.23. The number of carbonyl (C=O) groups excluding carboxylic acids is 5. The minimum atomic E-state index is -1.05. The van der Waals surface area contributed by atoms with E-state index in [1.165, 1.54) is 11.8 Å². The van der Waals surface area contributed by atoms with Crippen LogP contribution in [0.15, 0.2) is 60.8 Å². The number of fused-ring (bicyclic) bond motifs is 1. The van der Waals surface area contributed by atoms with E-state index < -0.39 is 35.8 Å². The van der Waals surface area contributed by atoms with E-state index in [9.17, 15) is 24.0 Å². The van der Waals surface area contributed by atoms with Gasteiger partial charge in [-0.05, 0) is 37.0 Å². The first-order valence-corrected chi connectivity index (χ1v) is 15.6. The van der Waals surface area contributed by atoms with Gasteiger partial charge >= 0.3 is 0 Å². The molecule has 2 aromatic carbocycles. The molecule has 3 atom stereocenters. The van der Waals surface area contributed by atoms with Gasteiger partial charge in [-0.3, -0.25) is 24.0 Å². The molecule has 240 valence electrons. The van der Waals surface area contributed by atoms with Gasteiger partial charge in [-0.2, -0.15) is 0 Å². The molecule has 2 unspecified atom stereocenters. The molecule has 5 amide bonds. The summed E-state index contributed by atoms with van der Waals surface area (Å²) in [4.78, 5) is 69.9. The molecule has 4 rings (SSSR count). The van der Waals surface area contributed by atoms with Crippen LogP contribution in [-0.4, -0.2) is 78.2 Å². The highest BCUT2D eigenvalue weighted by Gasteiger charge is 2.30. The van der Waals surface area contributed by atoms with Crippen LogP contribution < -0.4 is 21.3 Å². The Hall–Kier alpha value is -4.67. The van der Waals surface area contributed by atoms with Crippen molar-refractivity contribution in [3.05, 3.63) is 71.9 Å². The molecule has 0 bridgehead atoms. The lowest BCUT2D eigenvalue weighted by molar-refractivity contribution is -0.136. The lowest BCUT2D eigenvalue weighted by Crippen LogP contribution is -2.57. The summed E-state index contributed by atoms with van der Waals surface area (Å²) in [5, 5.41) is 11.9. The van der Waals surface area contributed by atoms with Gasteiger partial charge in [-0.25, -0.2) is 0 Å². The van der Waals surface area contributed by atoms with E-state index in [2.05, 4.69) is 26.3 Å². The maximum Gasteiger partial charge on any atom is 0.244 e. The Morgan fingerprint density at radius 3 is 2.20 bits per heavy atom. The van der Waals surface area contributed by atoms with Gasteiger partial charge in [0.1, 0.15) is 18.1 Å². The number of hydrogen-bond acceptors (Lipinski definition) is 5. The third-order valence-corrected chi connectivity index (χ3v) is 8.24. The molecule has 11 heteroatoms. The number of aromatic nitrogens is 1. The fourth-order valence-electron chi connectivity index (χ4n) is 5.69. The second kappa shape index (κ2) is 15.9. The second-order valence-corrected chi connectivity index (χ2v) is 12.0. The van der Waals surface area contributed by atoms with Gasteiger partial charge in [0.25, 0.3) is 0 Å². The minimum Gasteiger partial charge on any atom is -0.361 e. The number of likely N-dealkylation sites (N-methyl/N-ethyl adjacent to an activating group) is 1. The molecule has 45 heavy (non-hydrogen) atoms. The number of carbonyl (C=O) groups is 5. The van der Waals surface area contributed by atoms with E-state index in [0.717, 1.165) is 54.1 Å². The van der Waals surface area contributed by atoms with E-state index in [1.807, 2.05) is 54.6 Å². The monoisotopic (exact) mass is 616 g/mol. The highest BCUT2D eigenvalue weighted by atomic mass is 16.2. The molecule has 0 aliphatic heterocycles. The summed E-state index contributed by atoms with van der Waals surface area (Å²) in [7, 11) is 3.25. The van der Waals surface area contributed by atoms with Crippen molar-refractivity contribution in [1.82, 2.24) is 31.2 Å². The lowest BCUT2D eigenvalue weighted by Gasteiger charge is -2.26. The number of hydrogen-bond donors (Lipinski definition) is 5. The maximum atomic E-state index is 13.8. The number of nitrogens with one attached hydrogen (secondary N) is 5. The molecule has 11 nitrogen and oxygen atoms in total. The van der Waals surface area contributed by atoms with Gasteiger partial charge in [0, 0.05) is 50.0 Å². The molecule has 0 radical (unpaired) electrons. The molecule has 5 N–H and O–H groups in total. The van der Waals surface area contributed by atoms with E-state index in [1.54, 1.807) is 20.3 Å². The summed E-state index contributed by atoms with van der Waals surface area (Å²) >= 11 is 0. The largest absolute Gasteiger partial charge is 0.361 e. The van der Waals surface area contributed by atoms with Gasteiger partial charge in [0.15, 0.2) is 0 Å². The van der Waals surface area contributed by atoms with Crippen molar-refractivity contribution in [3.8, 4) is 0 Å². The average Bonchev–Trinajstić information content (AvgIpc) is 3.46. The number of benzene rings is 2. The molecular formula is C34H44N6O5. The average molecular weight is 617 g/mol. The van der Waals surface area contributed by atoms with E-state index in [-0.39, 0.29) is 37.1 Å². The summed E-state index contributed by atoms with van der Waals surface area (Å²) in [6.45, 7) is 1.28. The first-order valence-electron chi connectivity index (χ1n) is 15.6. The summed E-state index contributed by atoms with van der Waals surface area (Å²) < 4.78 is 0. The topological polar surface area (TPSA) is 152 Å². The van der Waals surface area contributed by atoms with Crippen molar-refractivity contribution in [1.29, 1.82) is 0 Å². The van der Waals surface area contributed by atoms with Crippen LogP contribution >= 0.6 is 0 Å². The van der Waals surface area contributed by atoms with Crippen molar-refractivity contribution >= 4 is 40.4 Å². The van der Waals surface area contributed by atoms with Gasteiger partial charge in [-0.1, -0.05) is 67.8 Å². The van der Waals surface area contributed by atoms with Crippen molar-refractivity contribution in [2.24, 2.45) is 5.92 Å². The third kappa shape index (κ3) is 9.41. The van der Waals surface area contributed by atoms with E-state index >= 15 is 0 Å². The smallest absolute Gasteiger partial charge is 0.244 e. The zero-order chi connectivity index (χ0) is 32.3. The second-order valence-electron chi connectivity index (χ2n) is 12.0. The third-order valence-electron chi connectivity index (χ3n) is 8.24. The van der Waals surface area contributed by atoms with Crippen molar-refractivity contribution in [2.45, 2.75) is 70.0 Å². The van der Waals surface area contributed by atoms with Crippen LogP contribution in [0.2, 0.25) is 0 Å². The SMILES string of the molecule is CC(NC(=O)CNC(=O)C1CCCCC1)C(=O)N[C@H](Cc1c[nH]c2ccccc12)C(=O)NC(Cc1ccccc1)C(=O)N(C)C. The van der Waals surface area contributed by atoms with Crippen LogP contribution in [-0.2, 0) is 36.8 Å². The summed E-state index contributed by atoms with van der Waals surface area (Å²) in [5.41, 5.74) is 2.58. The van der Waals surface area contributed by atoms with Gasteiger partial charge in [0.2, 0.25) is 29.5 Å². The number of aromatic amines is 1. The zero-order valence-electron chi connectivity index (χ0n) is 26.2. The normalized spacial score (nSPS) is 15.4. The first kappa shape index (κ1) is 33.2.